The van der Waals surface area contributed by atoms with Gasteiger partial charge < -0.3 is 29.4 Å². The van der Waals surface area contributed by atoms with Crippen molar-refractivity contribution >= 4 is 35.0 Å². The molecule has 1 fully saturated rings. The molecule has 1 aromatic rings. The van der Waals surface area contributed by atoms with E-state index in [0.29, 0.717) is 22.8 Å². The van der Waals surface area contributed by atoms with Gasteiger partial charge in [-0.25, -0.2) is 0 Å². The molecule has 1 atom stereocenters. The van der Waals surface area contributed by atoms with Gasteiger partial charge in [-0.15, -0.1) is 5.10 Å². The van der Waals surface area contributed by atoms with Gasteiger partial charge in [0, 0.05) is 18.0 Å². The van der Waals surface area contributed by atoms with Crippen LogP contribution in [0.5, 0.6) is 17.2 Å². The van der Waals surface area contributed by atoms with E-state index < -0.39 is 17.1 Å². The number of thioether (sulfide) groups is 1. The summed E-state index contributed by atoms with van der Waals surface area (Å²) >= 11 is 0.989. The lowest BCUT2D eigenvalue weighted by molar-refractivity contribution is -0.305. The molecule has 1 aliphatic heterocycles. The van der Waals surface area contributed by atoms with Crippen LogP contribution in [0.2, 0.25) is 0 Å². The van der Waals surface area contributed by atoms with E-state index in [1.54, 1.807) is 12.1 Å². The standard InChI is InChI=1S/C15H17N3O6S/c1-22-9-4-8(5-10(23-2)13(9)24-3)7-16-18-15-17-14(21)11(25-15)6-12(19)20/h4-5,7,11H,6H2,1-3H3,(H,19,20)(H,17,18,21)/p-1/b16-7-/t11-/m0/s1. The van der Waals surface area contributed by atoms with Crippen molar-refractivity contribution in [3.8, 4) is 17.2 Å². The van der Waals surface area contributed by atoms with Crippen LogP contribution in [0.15, 0.2) is 22.3 Å². The van der Waals surface area contributed by atoms with Crippen molar-refractivity contribution in [3.05, 3.63) is 17.7 Å². The van der Waals surface area contributed by atoms with Crippen molar-refractivity contribution in [2.75, 3.05) is 21.3 Å². The number of hydrogen-bond acceptors (Lipinski definition) is 9. The minimum atomic E-state index is -1.30. The Morgan fingerprint density at radius 1 is 1.28 bits per heavy atom. The third kappa shape index (κ3) is 4.63. The molecule has 134 valence electrons. The number of rotatable bonds is 7. The van der Waals surface area contributed by atoms with Gasteiger partial charge >= 0.3 is 0 Å². The average Bonchev–Trinajstić information content (AvgIpc) is 2.92. The molecule has 9 nitrogen and oxygen atoms in total. The minimum Gasteiger partial charge on any atom is -0.550 e. The number of benzene rings is 1. The van der Waals surface area contributed by atoms with Crippen molar-refractivity contribution in [2.45, 2.75) is 11.7 Å². The lowest BCUT2D eigenvalue weighted by Gasteiger charge is -2.12. The first-order chi connectivity index (χ1) is 12.0. The maximum atomic E-state index is 11.6. The highest BCUT2D eigenvalue weighted by molar-refractivity contribution is 8.15. The third-order valence-corrected chi connectivity index (χ3v) is 4.24. The molecule has 0 radical (unpaired) electrons. The molecule has 0 unspecified atom stereocenters. The second kappa shape index (κ2) is 8.38. The van der Waals surface area contributed by atoms with Gasteiger partial charge in [-0.3, -0.25) is 4.79 Å². The van der Waals surface area contributed by atoms with Crippen LogP contribution in [0.3, 0.4) is 0 Å². The molecule has 25 heavy (non-hydrogen) atoms. The maximum absolute atomic E-state index is 11.6. The van der Waals surface area contributed by atoms with E-state index >= 15 is 0 Å². The lowest BCUT2D eigenvalue weighted by atomic mass is 10.2. The topological polar surface area (TPSA) is 122 Å². The van der Waals surface area contributed by atoms with E-state index in [1.807, 2.05) is 0 Å². The van der Waals surface area contributed by atoms with Crippen LogP contribution in [0.1, 0.15) is 12.0 Å². The number of hydrogen-bond donors (Lipinski definition) is 1. The SMILES string of the molecule is COc1cc(/C=N\N=C2\NC(=O)[C@H](CC(=O)[O-])S2)cc(OC)c1OC. The highest BCUT2D eigenvalue weighted by Crippen LogP contribution is 2.37. The molecular formula is C15H16N3O6S-. The normalized spacial score (nSPS) is 18.4. The molecule has 0 bridgehead atoms. The van der Waals surface area contributed by atoms with Gasteiger partial charge in [0.15, 0.2) is 16.7 Å². The molecule has 1 saturated heterocycles. The minimum absolute atomic E-state index is 0.222. The number of carbonyl (C=O) groups is 2. The second-order valence-electron chi connectivity index (χ2n) is 4.78. The number of ether oxygens (including phenoxy) is 3. The number of carboxylic acid groups (broad SMARTS) is 1. The van der Waals surface area contributed by atoms with Gasteiger partial charge in [0.2, 0.25) is 11.7 Å². The molecule has 1 heterocycles. The molecule has 10 heteroatoms. The van der Waals surface area contributed by atoms with Crippen LogP contribution in [0, 0.1) is 0 Å². The zero-order valence-electron chi connectivity index (χ0n) is 13.8. The van der Waals surface area contributed by atoms with Crippen LogP contribution in [0.25, 0.3) is 0 Å². The summed E-state index contributed by atoms with van der Waals surface area (Å²) in [4.78, 5) is 22.2. The van der Waals surface area contributed by atoms with E-state index in [-0.39, 0.29) is 11.6 Å². The van der Waals surface area contributed by atoms with Gasteiger partial charge in [-0.2, -0.15) is 5.10 Å². The predicted molar refractivity (Wildman–Crippen MR) is 90.3 cm³/mol. The highest BCUT2D eigenvalue weighted by atomic mass is 32.2. The van der Waals surface area contributed by atoms with Gasteiger partial charge in [-0.1, -0.05) is 11.8 Å². The van der Waals surface area contributed by atoms with E-state index in [0.717, 1.165) is 11.8 Å². The van der Waals surface area contributed by atoms with E-state index in [2.05, 4.69) is 15.5 Å². The van der Waals surface area contributed by atoms with E-state index in [1.165, 1.54) is 27.5 Å². The summed E-state index contributed by atoms with van der Waals surface area (Å²) < 4.78 is 15.7. The fraction of sp³-hybridized carbons (Fsp3) is 0.333. The Kier molecular flexibility index (Phi) is 6.23. The lowest BCUT2D eigenvalue weighted by Crippen LogP contribution is -2.31. The molecule has 1 aromatic carbocycles. The second-order valence-corrected chi connectivity index (χ2v) is 5.97. The number of amidine groups is 1. The number of methoxy groups -OCH3 is 3. The first kappa shape index (κ1) is 18.6. The number of aliphatic carboxylic acids is 1. The van der Waals surface area contributed by atoms with Crippen LogP contribution < -0.4 is 24.6 Å². The molecule has 2 rings (SSSR count). The Labute approximate surface area is 148 Å². The zero-order chi connectivity index (χ0) is 18.4. The van der Waals surface area contributed by atoms with Gasteiger partial charge in [-0.05, 0) is 12.1 Å². The van der Waals surface area contributed by atoms with Crippen LogP contribution in [-0.4, -0.2) is 49.8 Å². The number of carbonyl (C=O) groups excluding carboxylic acids is 2. The van der Waals surface area contributed by atoms with Crippen molar-refractivity contribution < 1.29 is 28.9 Å². The number of nitrogens with one attached hydrogen (secondary N) is 1. The van der Waals surface area contributed by atoms with Gasteiger partial charge in [0.05, 0.1) is 32.8 Å². The summed E-state index contributed by atoms with van der Waals surface area (Å²) in [6.45, 7) is 0. The molecule has 0 aliphatic carbocycles. The first-order valence-electron chi connectivity index (χ1n) is 7.06. The Bertz CT molecular complexity index is 709. The fourth-order valence-electron chi connectivity index (χ4n) is 2.06. The Morgan fingerprint density at radius 3 is 2.44 bits per heavy atom. The zero-order valence-corrected chi connectivity index (χ0v) is 14.6. The van der Waals surface area contributed by atoms with Gasteiger partial charge in [0.1, 0.15) is 0 Å². The number of nitrogens with zero attached hydrogens (tertiary/aromatic N) is 2. The quantitative estimate of drug-likeness (QED) is 0.523. The van der Waals surface area contributed by atoms with Crippen molar-refractivity contribution in [2.24, 2.45) is 10.2 Å². The van der Waals surface area contributed by atoms with Crippen LogP contribution in [-0.2, 0) is 9.59 Å². The summed E-state index contributed by atoms with van der Waals surface area (Å²) in [6, 6.07) is 3.37. The number of carboxylic acids is 1. The first-order valence-corrected chi connectivity index (χ1v) is 7.94. The monoisotopic (exact) mass is 366 g/mol. The Balaban J connectivity index is 2.14. The Hall–Kier alpha value is -2.75. The molecule has 0 saturated carbocycles. The molecule has 1 amide bonds. The fourth-order valence-corrected chi connectivity index (χ4v) is 2.97. The molecule has 0 spiro atoms. The van der Waals surface area contributed by atoms with E-state index in [4.69, 9.17) is 14.2 Å². The van der Waals surface area contributed by atoms with Crippen LogP contribution in [0.4, 0.5) is 0 Å². The summed E-state index contributed by atoms with van der Waals surface area (Å²) in [5.74, 6) is -0.343. The summed E-state index contributed by atoms with van der Waals surface area (Å²) in [5.41, 5.74) is 0.638. The number of amides is 1. The predicted octanol–water partition coefficient (Wildman–Crippen LogP) is -0.226. The van der Waals surface area contributed by atoms with Crippen LogP contribution >= 0.6 is 11.8 Å². The van der Waals surface area contributed by atoms with Crippen molar-refractivity contribution in [3.63, 3.8) is 0 Å². The molecule has 0 aromatic heterocycles. The molecular weight excluding hydrogens is 350 g/mol. The van der Waals surface area contributed by atoms with E-state index in [9.17, 15) is 14.7 Å². The smallest absolute Gasteiger partial charge is 0.239 e. The average molecular weight is 366 g/mol. The molecule has 1 N–H and O–H groups in total. The molecule has 1 aliphatic rings. The summed E-state index contributed by atoms with van der Waals surface area (Å²) in [6.07, 6.45) is 1.06. The largest absolute Gasteiger partial charge is 0.550 e. The van der Waals surface area contributed by atoms with Crippen molar-refractivity contribution in [1.82, 2.24) is 5.32 Å². The highest BCUT2D eigenvalue weighted by Gasteiger charge is 2.30. The third-order valence-electron chi connectivity index (χ3n) is 3.17. The Morgan fingerprint density at radius 2 is 1.92 bits per heavy atom. The summed E-state index contributed by atoms with van der Waals surface area (Å²) in [5, 5.41) is 20.3. The van der Waals surface area contributed by atoms with Gasteiger partial charge in [0.25, 0.3) is 0 Å². The van der Waals surface area contributed by atoms with Crippen molar-refractivity contribution in [1.29, 1.82) is 0 Å². The summed E-state index contributed by atoms with van der Waals surface area (Å²) in [7, 11) is 4.50. The maximum Gasteiger partial charge on any atom is 0.239 e.